The zero-order chi connectivity index (χ0) is 15.5. The summed E-state index contributed by atoms with van der Waals surface area (Å²) in [5, 5.41) is 2.64. The third-order valence-corrected chi connectivity index (χ3v) is 5.01. The van der Waals surface area contributed by atoms with Crippen molar-refractivity contribution in [1.29, 1.82) is 0 Å². The van der Waals surface area contributed by atoms with E-state index in [9.17, 15) is 13.2 Å². The van der Waals surface area contributed by atoms with Gasteiger partial charge in [-0.25, -0.2) is 8.42 Å². The van der Waals surface area contributed by atoms with E-state index in [0.717, 1.165) is 4.31 Å². The first-order valence-corrected chi connectivity index (χ1v) is 8.18. The number of nitrogens with one attached hydrogen (secondary N) is 1. The lowest BCUT2D eigenvalue weighted by Gasteiger charge is -2.18. The van der Waals surface area contributed by atoms with Crippen molar-refractivity contribution in [3.63, 3.8) is 0 Å². The lowest BCUT2D eigenvalue weighted by Crippen LogP contribution is -2.40. The molecule has 0 saturated carbocycles. The van der Waals surface area contributed by atoms with Crippen LogP contribution in [0.5, 0.6) is 0 Å². The molecule has 1 amide bonds. The van der Waals surface area contributed by atoms with Crippen LogP contribution >= 0.6 is 15.9 Å². The maximum Gasteiger partial charge on any atom is 0.243 e. The second kappa shape index (κ2) is 6.55. The highest BCUT2D eigenvalue weighted by Crippen LogP contribution is 2.24. The first-order chi connectivity index (χ1) is 9.14. The van der Waals surface area contributed by atoms with Crippen molar-refractivity contribution in [3.8, 4) is 0 Å². The van der Waals surface area contributed by atoms with Gasteiger partial charge in [-0.15, -0.1) is 0 Å². The third-order valence-electron chi connectivity index (χ3n) is 2.49. The summed E-state index contributed by atoms with van der Waals surface area (Å²) in [5.41, 5.74) is 6.00. The summed E-state index contributed by atoms with van der Waals surface area (Å²) in [6.07, 6.45) is 0. The molecule has 0 spiro atoms. The Balaban J connectivity index is 2.92. The fraction of sp³-hybridized carbons (Fsp3) is 0.417. The molecule has 0 aliphatic carbocycles. The van der Waals surface area contributed by atoms with E-state index in [1.165, 1.54) is 19.2 Å². The van der Waals surface area contributed by atoms with Crippen molar-refractivity contribution in [3.05, 3.63) is 22.7 Å². The van der Waals surface area contributed by atoms with Gasteiger partial charge in [0.15, 0.2) is 0 Å². The molecule has 0 bridgehead atoms. The van der Waals surface area contributed by atoms with E-state index < -0.39 is 10.0 Å². The van der Waals surface area contributed by atoms with Crippen LogP contribution in [0.4, 0.5) is 5.69 Å². The van der Waals surface area contributed by atoms with Gasteiger partial charge in [0.05, 0.1) is 11.4 Å². The van der Waals surface area contributed by atoms with E-state index in [0.29, 0.717) is 10.2 Å². The van der Waals surface area contributed by atoms with Crippen LogP contribution in [0.1, 0.15) is 13.8 Å². The largest absolute Gasteiger partial charge is 0.398 e. The predicted octanol–water partition coefficient (Wildman–Crippen LogP) is 1.18. The predicted molar refractivity (Wildman–Crippen MR) is 81.6 cm³/mol. The van der Waals surface area contributed by atoms with Crippen LogP contribution in [0.2, 0.25) is 0 Å². The first kappa shape index (κ1) is 16.9. The molecular formula is C12H18BrN3O3S. The number of nitrogens with two attached hydrogens (primary N) is 1. The normalized spacial score (nSPS) is 11.9. The Morgan fingerprint density at radius 2 is 2.05 bits per heavy atom. The highest BCUT2D eigenvalue weighted by molar-refractivity contribution is 9.10. The van der Waals surface area contributed by atoms with Crippen molar-refractivity contribution < 1.29 is 13.2 Å². The minimum atomic E-state index is -3.74. The topological polar surface area (TPSA) is 92.5 Å². The SMILES string of the molecule is CC(C)NC(=O)CN(C)S(=O)(=O)c1ccc(Br)c(N)c1. The number of nitrogen functional groups attached to an aromatic ring is 1. The molecule has 0 saturated heterocycles. The second-order valence-electron chi connectivity index (χ2n) is 4.67. The van der Waals surface area contributed by atoms with Crippen molar-refractivity contribution in [2.75, 3.05) is 19.3 Å². The summed E-state index contributed by atoms with van der Waals surface area (Å²) in [7, 11) is -2.38. The van der Waals surface area contributed by atoms with Crippen molar-refractivity contribution in [2.45, 2.75) is 24.8 Å². The molecule has 1 rings (SSSR count). The van der Waals surface area contributed by atoms with Crippen LogP contribution in [0.15, 0.2) is 27.6 Å². The van der Waals surface area contributed by atoms with Crippen molar-refractivity contribution in [2.24, 2.45) is 0 Å². The van der Waals surface area contributed by atoms with E-state index in [2.05, 4.69) is 21.2 Å². The summed E-state index contributed by atoms with van der Waals surface area (Å²) >= 11 is 3.20. The molecule has 0 aliphatic rings. The fourth-order valence-corrected chi connectivity index (χ4v) is 2.93. The minimum Gasteiger partial charge on any atom is -0.398 e. The molecular weight excluding hydrogens is 346 g/mol. The Labute approximate surface area is 127 Å². The van der Waals surface area contributed by atoms with Crippen molar-refractivity contribution in [1.82, 2.24) is 9.62 Å². The standard InChI is InChI=1S/C12H18BrN3O3S/c1-8(2)15-12(17)7-16(3)20(18,19)9-4-5-10(13)11(14)6-9/h4-6,8H,7,14H2,1-3H3,(H,15,17). The number of nitrogens with zero attached hydrogens (tertiary/aromatic N) is 1. The van der Waals surface area contributed by atoms with E-state index in [1.54, 1.807) is 6.07 Å². The summed E-state index contributed by atoms with van der Waals surface area (Å²) in [5.74, 6) is -0.351. The van der Waals surface area contributed by atoms with Gasteiger partial charge in [-0.2, -0.15) is 4.31 Å². The van der Waals surface area contributed by atoms with Crippen molar-refractivity contribution >= 4 is 37.5 Å². The molecule has 0 unspecified atom stereocenters. The average Bonchev–Trinajstić information content (AvgIpc) is 2.31. The number of sulfonamides is 1. The monoisotopic (exact) mass is 363 g/mol. The van der Waals surface area contributed by atoms with E-state index in [1.807, 2.05) is 13.8 Å². The van der Waals surface area contributed by atoms with E-state index in [4.69, 9.17) is 5.73 Å². The fourth-order valence-electron chi connectivity index (χ4n) is 1.52. The summed E-state index contributed by atoms with van der Waals surface area (Å²) in [6.45, 7) is 3.38. The van der Waals surface area contributed by atoms with Gasteiger partial charge >= 0.3 is 0 Å². The first-order valence-electron chi connectivity index (χ1n) is 5.95. The smallest absolute Gasteiger partial charge is 0.243 e. The van der Waals surface area contributed by atoms with E-state index >= 15 is 0 Å². The number of likely N-dealkylation sites (N-methyl/N-ethyl adjacent to an activating group) is 1. The third kappa shape index (κ3) is 4.19. The van der Waals surface area contributed by atoms with E-state index in [-0.39, 0.29) is 23.4 Å². The van der Waals surface area contributed by atoms with Crippen LogP contribution in [-0.4, -0.2) is 38.3 Å². The van der Waals surface area contributed by atoms with Crippen LogP contribution in [0, 0.1) is 0 Å². The van der Waals surface area contributed by atoms with Gasteiger partial charge in [-0.3, -0.25) is 4.79 Å². The lowest BCUT2D eigenvalue weighted by molar-refractivity contribution is -0.121. The molecule has 0 fully saturated rings. The average molecular weight is 364 g/mol. The zero-order valence-corrected chi connectivity index (χ0v) is 14.0. The number of hydrogen-bond donors (Lipinski definition) is 2. The highest BCUT2D eigenvalue weighted by Gasteiger charge is 2.23. The molecule has 8 heteroatoms. The molecule has 1 aromatic carbocycles. The second-order valence-corrected chi connectivity index (χ2v) is 7.57. The molecule has 1 aromatic rings. The minimum absolute atomic E-state index is 0.0399. The van der Waals surface area contributed by atoms with Crippen LogP contribution in [-0.2, 0) is 14.8 Å². The number of anilines is 1. The number of amides is 1. The van der Waals surface area contributed by atoms with Gasteiger partial charge in [0.2, 0.25) is 15.9 Å². The Hall–Kier alpha value is -1.12. The van der Waals surface area contributed by atoms with Gasteiger partial charge < -0.3 is 11.1 Å². The summed E-state index contributed by atoms with van der Waals surface area (Å²) in [6, 6.07) is 4.31. The Bertz CT molecular complexity index is 602. The van der Waals surface area contributed by atoms with Crippen LogP contribution < -0.4 is 11.1 Å². The van der Waals surface area contributed by atoms with Crippen LogP contribution in [0.3, 0.4) is 0 Å². The molecule has 0 atom stereocenters. The van der Waals surface area contributed by atoms with Gasteiger partial charge in [0.25, 0.3) is 0 Å². The van der Waals surface area contributed by atoms with Gasteiger partial charge in [-0.1, -0.05) is 0 Å². The highest BCUT2D eigenvalue weighted by atomic mass is 79.9. The molecule has 3 N–H and O–H groups in total. The number of rotatable bonds is 5. The number of halogens is 1. The molecule has 0 heterocycles. The number of carbonyl (C=O) groups is 1. The molecule has 6 nitrogen and oxygen atoms in total. The molecule has 0 radical (unpaired) electrons. The van der Waals surface area contributed by atoms with Gasteiger partial charge in [0, 0.05) is 23.2 Å². The quantitative estimate of drug-likeness (QED) is 0.768. The Morgan fingerprint density at radius 1 is 1.45 bits per heavy atom. The maximum atomic E-state index is 12.3. The Morgan fingerprint density at radius 3 is 2.55 bits per heavy atom. The van der Waals surface area contributed by atoms with Gasteiger partial charge in [-0.05, 0) is 48.0 Å². The summed E-state index contributed by atoms with van der Waals surface area (Å²) < 4.78 is 26.2. The van der Waals surface area contributed by atoms with Gasteiger partial charge in [0.1, 0.15) is 0 Å². The maximum absolute atomic E-state index is 12.3. The molecule has 20 heavy (non-hydrogen) atoms. The summed E-state index contributed by atoms with van der Waals surface area (Å²) in [4.78, 5) is 11.7. The molecule has 112 valence electrons. The number of carbonyl (C=O) groups excluding carboxylic acids is 1. The Kier molecular flexibility index (Phi) is 5.55. The van der Waals surface area contributed by atoms with Crippen LogP contribution in [0.25, 0.3) is 0 Å². The number of benzene rings is 1. The molecule has 0 aromatic heterocycles. The zero-order valence-electron chi connectivity index (χ0n) is 11.6. The molecule has 0 aliphatic heterocycles. The lowest BCUT2D eigenvalue weighted by atomic mass is 10.3. The number of hydrogen-bond acceptors (Lipinski definition) is 4.